The number of nitrogens with one attached hydrogen (secondary N) is 1. The van der Waals surface area contributed by atoms with E-state index >= 15 is 0 Å². The minimum atomic E-state index is -3.92. The Balaban J connectivity index is 2.47. The molecule has 0 saturated carbocycles. The number of pyridine rings is 1. The number of nitrogens with zero attached hydrogens (tertiary/aromatic N) is 2. The summed E-state index contributed by atoms with van der Waals surface area (Å²) >= 11 is 3.19. The van der Waals surface area contributed by atoms with Gasteiger partial charge in [-0.05, 0) is 46.3 Å². The van der Waals surface area contributed by atoms with E-state index in [1.807, 2.05) is 6.07 Å². The van der Waals surface area contributed by atoms with E-state index in [4.69, 9.17) is 11.0 Å². The molecule has 0 unspecified atom stereocenters. The second-order valence-electron chi connectivity index (χ2n) is 3.81. The first kappa shape index (κ1) is 14.3. The number of sulfonamides is 1. The third kappa shape index (κ3) is 2.89. The molecule has 1 aromatic heterocycles. The molecule has 0 aliphatic rings. The average molecular weight is 353 g/mol. The molecule has 1 heterocycles. The third-order valence-electron chi connectivity index (χ3n) is 2.40. The van der Waals surface area contributed by atoms with E-state index < -0.39 is 10.0 Å². The lowest BCUT2D eigenvalue weighted by atomic mass is 10.2. The average Bonchev–Trinajstić information content (AvgIpc) is 2.40. The number of hydrogen-bond donors (Lipinski definition) is 2. The van der Waals surface area contributed by atoms with Crippen LogP contribution in [0.4, 0.5) is 11.5 Å². The van der Waals surface area contributed by atoms with E-state index in [-0.39, 0.29) is 16.3 Å². The first-order chi connectivity index (χ1) is 9.44. The number of nitrogen functional groups attached to an aromatic ring is 1. The van der Waals surface area contributed by atoms with Gasteiger partial charge in [0.25, 0.3) is 10.0 Å². The van der Waals surface area contributed by atoms with Gasteiger partial charge in [0.05, 0.1) is 10.0 Å². The topological polar surface area (TPSA) is 109 Å². The molecular weight excluding hydrogens is 344 g/mol. The highest BCUT2D eigenvalue weighted by molar-refractivity contribution is 9.10. The Bertz CT molecular complexity index is 799. The molecule has 8 heteroatoms. The zero-order valence-corrected chi connectivity index (χ0v) is 12.4. The van der Waals surface area contributed by atoms with Gasteiger partial charge in [-0.1, -0.05) is 0 Å². The molecule has 2 rings (SSSR count). The molecular formula is C12H9BrN4O2S. The summed E-state index contributed by atoms with van der Waals surface area (Å²) in [4.78, 5) is 3.77. The second-order valence-corrected chi connectivity index (χ2v) is 6.31. The van der Waals surface area contributed by atoms with Gasteiger partial charge < -0.3 is 5.73 Å². The van der Waals surface area contributed by atoms with Crippen LogP contribution >= 0.6 is 15.9 Å². The number of benzene rings is 1. The first-order valence-corrected chi connectivity index (χ1v) is 7.64. The minimum absolute atomic E-state index is 0.0236. The number of rotatable bonds is 3. The lowest BCUT2D eigenvalue weighted by Gasteiger charge is -2.10. The Morgan fingerprint density at radius 2 is 2.10 bits per heavy atom. The Kier molecular flexibility index (Phi) is 3.92. The summed E-state index contributed by atoms with van der Waals surface area (Å²) in [6.07, 6.45) is 1.46. The quantitative estimate of drug-likeness (QED) is 0.822. The molecule has 0 spiro atoms. The maximum Gasteiger partial charge on any atom is 0.264 e. The summed E-state index contributed by atoms with van der Waals surface area (Å²) in [5.74, 6) is 0.146. The van der Waals surface area contributed by atoms with Crippen LogP contribution in [0.2, 0.25) is 0 Å². The van der Waals surface area contributed by atoms with E-state index in [0.717, 1.165) is 0 Å². The van der Waals surface area contributed by atoms with Gasteiger partial charge in [0.1, 0.15) is 11.0 Å². The predicted molar refractivity (Wildman–Crippen MR) is 78.3 cm³/mol. The number of nitrogens with two attached hydrogens (primary N) is 1. The van der Waals surface area contributed by atoms with Gasteiger partial charge in [-0.2, -0.15) is 5.26 Å². The molecule has 0 aliphatic carbocycles. The van der Waals surface area contributed by atoms with Crippen molar-refractivity contribution in [1.82, 2.24) is 4.98 Å². The first-order valence-electron chi connectivity index (χ1n) is 5.37. The summed E-state index contributed by atoms with van der Waals surface area (Å²) in [5.41, 5.74) is 5.83. The smallest absolute Gasteiger partial charge is 0.264 e. The van der Waals surface area contributed by atoms with E-state index in [1.165, 1.54) is 24.4 Å². The lowest BCUT2D eigenvalue weighted by molar-refractivity contribution is 0.601. The monoisotopic (exact) mass is 352 g/mol. The van der Waals surface area contributed by atoms with Crippen molar-refractivity contribution in [3.8, 4) is 6.07 Å². The third-order valence-corrected chi connectivity index (χ3v) is 4.44. The Morgan fingerprint density at radius 3 is 2.75 bits per heavy atom. The van der Waals surface area contributed by atoms with Gasteiger partial charge in [-0.25, -0.2) is 13.4 Å². The number of anilines is 2. The van der Waals surface area contributed by atoms with Gasteiger partial charge in [0.2, 0.25) is 0 Å². The minimum Gasteiger partial charge on any atom is -0.399 e. The van der Waals surface area contributed by atoms with Crippen LogP contribution in [0, 0.1) is 11.3 Å². The zero-order chi connectivity index (χ0) is 14.8. The summed E-state index contributed by atoms with van der Waals surface area (Å²) in [7, 11) is -3.92. The number of hydrogen-bond acceptors (Lipinski definition) is 5. The molecule has 0 saturated heterocycles. The van der Waals surface area contributed by atoms with Crippen LogP contribution < -0.4 is 10.5 Å². The molecule has 0 radical (unpaired) electrons. The molecule has 0 bridgehead atoms. The second kappa shape index (κ2) is 5.48. The van der Waals surface area contributed by atoms with E-state index in [9.17, 15) is 8.42 Å². The molecule has 102 valence electrons. The zero-order valence-electron chi connectivity index (χ0n) is 10.0. The van der Waals surface area contributed by atoms with E-state index in [1.54, 1.807) is 12.1 Å². The van der Waals surface area contributed by atoms with Gasteiger partial charge in [0.15, 0.2) is 5.82 Å². The SMILES string of the molecule is N#Cc1cc(N)ccc1S(=O)(=O)Nc1ncccc1Br. The fourth-order valence-electron chi connectivity index (χ4n) is 1.51. The normalized spacial score (nSPS) is 10.8. The molecule has 6 nitrogen and oxygen atoms in total. The largest absolute Gasteiger partial charge is 0.399 e. The van der Waals surface area contributed by atoms with Crippen molar-refractivity contribution >= 4 is 37.5 Å². The van der Waals surface area contributed by atoms with E-state index in [0.29, 0.717) is 10.2 Å². The van der Waals surface area contributed by atoms with Gasteiger partial charge in [0, 0.05) is 11.9 Å². The van der Waals surface area contributed by atoms with Crippen LogP contribution in [0.25, 0.3) is 0 Å². The molecule has 0 amide bonds. The van der Waals surface area contributed by atoms with Crippen LogP contribution in [-0.2, 0) is 10.0 Å². The highest BCUT2D eigenvalue weighted by Gasteiger charge is 2.20. The summed E-state index contributed by atoms with van der Waals surface area (Å²) in [6.45, 7) is 0. The van der Waals surface area contributed by atoms with Gasteiger partial charge in [-0.3, -0.25) is 4.72 Å². The summed E-state index contributed by atoms with van der Waals surface area (Å²) in [6, 6.07) is 9.13. The van der Waals surface area contributed by atoms with Crippen molar-refractivity contribution in [1.29, 1.82) is 5.26 Å². The van der Waals surface area contributed by atoms with Crippen LogP contribution in [0.15, 0.2) is 45.9 Å². The van der Waals surface area contributed by atoms with Crippen molar-refractivity contribution in [2.45, 2.75) is 4.90 Å². The van der Waals surface area contributed by atoms with Crippen LogP contribution in [0.3, 0.4) is 0 Å². The predicted octanol–water partition coefficient (Wildman–Crippen LogP) is 2.10. The molecule has 3 N–H and O–H groups in total. The highest BCUT2D eigenvalue weighted by Crippen LogP contribution is 2.24. The molecule has 0 atom stereocenters. The Hall–Kier alpha value is -2.11. The fourth-order valence-corrected chi connectivity index (χ4v) is 3.17. The molecule has 1 aromatic carbocycles. The number of halogens is 1. The summed E-state index contributed by atoms with van der Waals surface area (Å²) in [5, 5.41) is 9.00. The maximum absolute atomic E-state index is 12.3. The lowest BCUT2D eigenvalue weighted by Crippen LogP contribution is -2.15. The maximum atomic E-state index is 12.3. The van der Waals surface area contributed by atoms with Crippen molar-refractivity contribution in [3.63, 3.8) is 0 Å². The van der Waals surface area contributed by atoms with Crippen LogP contribution in [-0.4, -0.2) is 13.4 Å². The van der Waals surface area contributed by atoms with Crippen LogP contribution in [0.1, 0.15) is 5.56 Å². The molecule has 2 aromatic rings. The summed E-state index contributed by atoms with van der Waals surface area (Å²) < 4.78 is 27.4. The van der Waals surface area contributed by atoms with Gasteiger partial charge in [-0.15, -0.1) is 0 Å². The number of nitriles is 1. The van der Waals surface area contributed by atoms with Crippen molar-refractivity contribution in [2.75, 3.05) is 10.5 Å². The standard InChI is InChI=1S/C12H9BrN4O2S/c13-10-2-1-5-16-12(10)17-20(18,19)11-4-3-9(15)6-8(11)7-14/h1-6H,15H2,(H,16,17). The van der Waals surface area contributed by atoms with Crippen LogP contribution in [0.5, 0.6) is 0 Å². The van der Waals surface area contributed by atoms with Gasteiger partial charge >= 0.3 is 0 Å². The molecule has 0 aliphatic heterocycles. The van der Waals surface area contributed by atoms with Crippen molar-refractivity contribution < 1.29 is 8.42 Å². The Labute approximate surface area is 124 Å². The number of aromatic nitrogens is 1. The van der Waals surface area contributed by atoms with Crippen molar-refractivity contribution in [3.05, 3.63) is 46.6 Å². The molecule has 20 heavy (non-hydrogen) atoms. The fraction of sp³-hybridized carbons (Fsp3) is 0. The van der Waals surface area contributed by atoms with E-state index in [2.05, 4.69) is 25.6 Å². The molecule has 0 fully saturated rings. The Morgan fingerprint density at radius 1 is 1.35 bits per heavy atom. The van der Waals surface area contributed by atoms with Crippen molar-refractivity contribution in [2.24, 2.45) is 0 Å². The highest BCUT2D eigenvalue weighted by atomic mass is 79.9.